The molecule has 6 heteroatoms. The van der Waals surface area contributed by atoms with Gasteiger partial charge in [-0.2, -0.15) is 0 Å². The molecule has 24 heavy (non-hydrogen) atoms. The van der Waals surface area contributed by atoms with E-state index in [1.165, 1.54) is 5.57 Å². The minimum atomic E-state index is 0.153. The average molecular weight is 322 g/mol. The first kappa shape index (κ1) is 14.7. The Kier molecular flexibility index (Phi) is 3.86. The average Bonchev–Trinajstić information content (AvgIpc) is 3.30. The van der Waals surface area contributed by atoms with Crippen molar-refractivity contribution < 1.29 is 9.21 Å². The standard InChI is InChI=1S/C18H18N4O2/c23-18(5-9-22-10-7-19-20-22)21-8-1-2-16(13-21)14-3-4-17-15(12-14)6-11-24-17/h2-4,6-7,10-12H,1,5,8-9,13H2. The minimum Gasteiger partial charge on any atom is -0.464 e. The number of aryl methyl sites for hydroxylation is 1. The highest BCUT2D eigenvalue weighted by molar-refractivity contribution is 5.84. The maximum absolute atomic E-state index is 12.5. The molecule has 6 nitrogen and oxygen atoms in total. The fourth-order valence-electron chi connectivity index (χ4n) is 3.05. The number of rotatable bonds is 4. The summed E-state index contributed by atoms with van der Waals surface area (Å²) in [7, 11) is 0. The van der Waals surface area contributed by atoms with Gasteiger partial charge in [0.15, 0.2) is 0 Å². The highest BCUT2D eigenvalue weighted by Gasteiger charge is 2.19. The number of furan rings is 1. The van der Waals surface area contributed by atoms with Gasteiger partial charge in [0.05, 0.1) is 19.0 Å². The van der Waals surface area contributed by atoms with Gasteiger partial charge in [-0.1, -0.05) is 17.4 Å². The van der Waals surface area contributed by atoms with Crippen molar-refractivity contribution in [2.24, 2.45) is 0 Å². The third kappa shape index (κ3) is 2.95. The van der Waals surface area contributed by atoms with E-state index in [0.717, 1.165) is 29.5 Å². The SMILES string of the molecule is O=C(CCn1ccnn1)N1CCC=C(c2ccc3occc3c2)C1. The molecular formula is C18H18N4O2. The zero-order chi connectivity index (χ0) is 16.4. The van der Waals surface area contributed by atoms with Crippen LogP contribution in [0.2, 0.25) is 0 Å². The Hall–Kier alpha value is -2.89. The van der Waals surface area contributed by atoms with Crippen LogP contribution >= 0.6 is 0 Å². The van der Waals surface area contributed by atoms with Gasteiger partial charge in [0.2, 0.25) is 5.91 Å². The van der Waals surface area contributed by atoms with Crippen LogP contribution in [0.25, 0.3) is 16.5 Å². The smallest absolute Gasteiger partial charge is 0.224 e. The van der Waals surface area contributed by atoms with Crippen molar-refractivity contribution in [3.8, 4) is 0 Å². The second-order valence-electron chi connectivity index (χ2n) is 5.92. The molecule has 2 aromatic heterocycles. The van der Waals surface area contributed by atoms with Crippen LogP contribution < -0.4 is 0 Å². The van der Waals surface area contributed by atoms with Crippen LogP contribution in [-0.2, 0) is 11.3 Å². The molecule has 122 valence electrons. The van der Waals surface area contributed by atoms with Crippen molar-refractivity contribution in [2.45, 2.75) is 19.4 Å². The predicted octanol–water partition coefficient (Wildman–Crippen LogP) is 2.73. The molecule has 0 atom stereocenters. The van der Waals surface area contributed by atoms with Crippen molar-refractivity contribution in [3.05, 3.63) is 54.6 Å². The monoisotopic (exact) mass is 322 g/mol. The molecule has 0 spiro atoms. The lowest BCUT2D eigenvalue weighted by Crippen LogP contribution is -2.35. The van der Waals surface area contributed by atoms with E-state index in [1.54, 1.807) is 23.3 Å². The maximum Gasteiger partial charge on any atom is 0.224 e. The molecule has 1 aromatic carbocycles. The first-order valence-corrected chi connectivity index (χ1v) is 8.08. The zero-order valence-electron chi connectivity index (χ0n) is 13.3. The van der Waals surface area contributed by atoms with Crippen LogP contribution in [0.15, 0.2) is 53.4 Å². The fraction of sp³-hybridized carbons (Fsp3) is 0.278. The van der Waals surface area contributed by atoms with E-state index in [9.17, 15) is 4.79 Å². The molecule has 0 N–H and O–H groups in total. The Morgan fingerprint density at radius 1 is 1.29 bits per heavy atom. The summed E-state index contributed by atoms with van der Waals surface area (Å²) in [5, 5.41) is 8.74. The molecule has 0 unspecified atom stereocenters. The van der Waals surface area contributed by atoms with Gasteiger partial charge in [-0.05, 0) is 35.8 Å². The largest absolute Gasteiger partial charge is 0.464 e. The van der Waals surface area contributed by atoms with Crippen LogP contribution in [0.5, 0.6) is 0 Å². The van der Waals surface area contributed by atoms with Crippen LogP contribution in [0.3, 0.4) is 0 Å². The van der Waals surface area contributed by atoms with Gasteiger partial charge in [-0.15, -0.1) is 5.10 Å². The summed E-state index contributed by atoms with van der Waals surface area (Å²) in [6, 6.07) is 8.12. The number of hydrogen-bond acceptors (Lipinski definition) is 4. The van der Waals surface area contributed by atoms with Crippen LogP contribution in [0.4, 0.5) is 0 Å². The molecule has 3 heterocycles. The summed E-state index contributed by atoms with van der Waals surface area (Å²) >= 11 is 0. The predicted molar refractivity (Wildman–Crippen MR) is 90.0 cm³/mol. The summed E-state index contributed by atoms with van der Waals surface area (Å²) in [6.07, 6.45) is 8.64. The molecule has 0 saturated carbocycles. The number of carbonyl (C=O) groups excluding carboxylic acids is 1. The number of fused-ring (bicyclic) bond motifs is 1. The normalized spacial score (nSPS) is 14.8. The van der Waals surface area contributed by atoms with Crippen molar-refractivity contribution in [3.63, 3.8) is 0 Å². The Bertz CT molecular complexity index is 879. The highest BCUT2D eigenvalue weighted by atomic mass is 16.3. The summed E-state index contributed by atoms with van der Waals surface area (Å²) < 4.78 is 7.08. The quantitative estimate of drug-likeness (QED) is 0.741. The van der Waals surface area contributed by atoms with Gasteiger partial charge in [-0.3, -0.25) is 9.48 Å². The van der Waals surface area contributed by atoms with Crippen molar-refractivity contribution in [1.29, 1.82) is 0 Å². The van der Waals surface area contributed by atoms with E-state index >= 15 is 0 Å². The molecule has 1 aliphatic heterocycles. The van der Waals surface area contributed by atoms with Gasteiger partial charge < -0.3 is 9.32 Å². The number of benzene rings is 1. The first-order valence-electron chi connectivity index (χ1n) is 8.08. The summed E-state index contributed by atoms with van der Waals surface area (Å²) in [4.78, 5) is 14.4. The number of hydrogen-bond donors (Lipinski definition) is 0. The molecule has 0 aliphatic carbocycles. The molecule has 0 fully saturated rings. The Balaban J connectivity index is 1.44. The van der Waals surface area contributed by atoms with E-state index in [1.807, 2.05) is 17.0 Å². The Labute approximate surface area is 139 Å². The summed E-state index contributed by atoms with van der Waals surface area (Å²) in [6.45, 7) is 1.99. The molecule has 1 amide bonds. The maximum atomic E-state index is 12.5. The van der Waals surface area contributed by atoms with E-state index < -0.39 is 0 Å². The lowest BCUT2D eigenvalue weighted by Gasteiger charge is -2.27. The van der Waals surface area contributed by atoms with Gasteiger partial charge in [0.1, 0.15) is 5.58 Å². The molecule has 3 aromatic rings. The second kappa shape index (κ2) is 6.31. The summed E-state index contributed by atoms with van der Waals surface area (Å²) in [5.74, 6) is 0.153. The first-order chi connectivity index (χ1) is 11.8. The van der Waals surface area contributed by atoms with Crippen LogP contribution in [0.1, 0.15) is 18.4 Å². The topological polar surface area (TPSA) is 64.2 Å². The fourth-order valence-corrected chi connectivity index (χ4v) is 3.05. The number of nitrogens with zero attached hydrogens (tertiary/aromatic N) is 4. The molecule has 0 saturated heterocycles. The van der Waals surface area contributed by atoms with Crippen molar-refractivity contribution in [2.75, 3.05) is 13.1 Å². The van der Waals surface area contributed by atoms with Crippen LogP contribution in [-0.4, -0.2) is 38.9 Å². The third-order valence-electron chi connectivity index (χ3n) is 4.35. The number of amides is 1. The Morgan fingerprint density at radius 2 is 2.25 bits per heavy atom. The van der Waals surface area contributed by atoms with Gasteiger partial charge in [0.25, 0.3) is 0 Å². The minimum absolute atomic E-state index is 0.153. The second-order valence-corrected chi connectivity index (χ2v) is 5.92. The number of carbonyl (C=O) groups is 1. The van der Waals surface area contributed by atoms with E-state index in [2.05, 4.69) is 28.5 Å². The zero-order valence-corrected chi connectivity index (χ0v) is 13.3. The van der Waals surface area contributed by atoms with E-state index in [4.69, 9.17) is 4.42 Å². The van der Waals surface area contributed by atoms with E-state index in [0.29, 0.717) is 19.5 Å². The van der Waals surface area contributed by atoms with Crippen molar-refractivity contribution >= 4 is 22.4 Å². The van der Waals surface area contributed by atoms with Gasteiger partial charge in [0, 0.05) is 31.1 Å². The van der Waals surface area contributed by atoms with Crippen molar-refractivity contribution in [1.82, 2.24) is 19.9 Å². The third-order valence-corrected chi connectivity index (χ3v) is 4.35. The van der Waals surface area contributed by atoms with Gasteiger partial charge >= 0.3 is 0 Å². The molecule has 0 bridgehead atoms. The van der Waals surface area contributed by atoms with E-state index in [-0.39, 0.29) is 5.91 Å². The summed E-state index contributed by atoms with van der Waals surface area (Å²) in [5.41, 5.74) is 3.23. The number of aromatic nitrogens is 3. The molecule has 1 aliphatic rings. The molecular weight excluding hydrogens is 304 g/mol. The molecule has 0 radical (unpaired) electrons. The van der Waals surface area contributed by atoms with Gasteiger partial charge in [-0.25, -0.2) is 0 Å². The highest BCUT2D eigenvalue weighted by Crippen LogP contribution is 2.25. The Morgan fingerprint density at radius 3 is 3.12 bits per heavy atom. The lowest BCUT2D eigenvalue weighted by molar-refractivity contribution is -0.131. The molecule has 4 rings (SSSR count). The van der Waals surface area contributed by atoms with Crippen LogP contribution in [0, 0.1) is 0 Å². The lowest BCUT2D eigenvalue weighted by atomic mass is 10.00.